The summed E-state index contributed by atoms with van der Waals surface area (Å²) >= 11 is 0. The summed E-state index contributed by atoms with van der Waals surface area (Å²) in [5, 5.41) is 0. The van der Waals surface area contributed by atoms with E-state index in [0.29, 0.717) is 0 Å². The molecule has 0 aliphatic carbocycles. The van der Waals surface area contributed by atoms with Crippen LogP contribution in [0.25, 0.3) is 0 Å². The smallest absolute Gasteiger partial charge is 0.161 e. The Morgan fingerprint density at radius 1 is 1.31 bits per heavy atom. The van der Waals surface area contributed by atoms with Gasteiger partial charge in [-0.25, -0.2) is 0 Å². The molecule has 0 aromatic carbocycles. The summed E-state index contributed by atoms with van der Waals surface area (Å²) in [6.07, 6.45) is 1.77. The molecule has 1 heterocycles. The van der Waals surface area contributed by atoms with Crippen LogP contribution >= 0.6 is 0 Å². The molecule has 0 atom stereocenters. The lowest BCUT2D eigenvalue weighted by molar-refractivity contribution is 0.101. The van der Waals surface area contributed by atoms with Crippen molar-refractivity contribution in [2.45, 2.75) is 34.6 Å². The molecule has 0 N–H and O–H groups in total. The van der Waals surface area contributed by atoms with E-state index < -0.39 is 0 Å². The number of aromatic nitrogens is 1. The van der Waals surface area contributed by atoms with Crippen molar-refractivity contribution in [3.8, 4) is 0 Å². The van der Waals surface area contributed by atoms with Gasteiger partial charge in [-0.15, -0.1) is 0 Å². The second-order valence-corrected chi connectivity index (χ2v) is 2.70. The van der Waals surface area contributed by atoms with Gasteiger partial charge in [0, 0.05) is 17.5 Å². The van der Waals surface area contributed by atoms with Crippen LogP contribution in [0.2, 0.25) is 0 Å². The second kappa shape index (κ2) is 5.46. The molecule has 0 radical (unpaired) electrons. The predicted molar refractivity (Wildman–Crippen MR) is 55.1 cm³/mol. The Morgan fingerprint density at radius 2 is 1.85 bits per heavy atom. The maximum atomic E-state index is 11.0. The van der Waals surface area contributed by atoms with Crippen LogP contribution in [0.1, 0.15) is 42.4 Å². The zero-order valence-corrected chi connectivity index (χ0v) is 9.01. The Hall–Kier alpha value is -1.18. The highest BCUT2D eigenvalue weighted by molar-refractivity contribution is 5.95. The minimum atomic E-state index is 0.0821. The van der Waals surface area contributed by atoms with Gasteiger partial charge < -0.3 is 0 Å². The fourth-order valence-electron chi connectivity index (χ4n) is 0.994. The predicted octanol–water partition coefficient (Wildman–Crippen LogP) is 2.93. The van der Waals surface area contributed by atoms with Crippen LogP contribution in [0.15, 0.2) is 12.3 Å². The van der Waals surface area contributed by atoms with Gasteiger partial charge in [-0.05, 0) is 32.4 Å². The zero-order valence-electron chi connectivity index (χ0n) is 9.01. The summed E-state index contributed by atoms with van der Waals surface area (Å²) in [5.74, 6) is 0.0821. The molecule has 0 fully saturated rings. The van der Waals surface area contributed by atoms with Crippen LogP contribution in [-0.2, 0) is 0 Å². The summed E-state index contributed by atoms with van der Waals surface area (Å²) in [7, 11) is 0. The number of Topliss-reactive ketones (excluding diaryl/α,β-unsaturated/α-hetero) is 1. The number of aryl methyl sites for hydroxylation is 2. The lowest BCUT2D eigenvalue weighted by Gasteiger charge is -2.00. The molecule has 13 heavy (non-hydrogen) atoms. The Bertz CT molecular complexity index is 292. The standard InChI is InChI=1S/C9H11NO.C2H6/c1-6-4-9(8(3)11)7(2)10-5-6;1-2/h4-5H,1-3H3;1-2H3. The summed E-state index contributed by atoms with van der Waals surface area (Å²) in [6.45, 7) is 9.33. The van der Waals surface area contributed by atoms with Gasteiger partial charge in [-0.3, -0.25) is 9.78 Å². The van der Waals surface area contributed by atoms with Crippen molar-refractivity contribution in [3.05, 3.63) is 29.1 Å². The molecule has 0 unspecified atom stereocenters. The van der Waals surface area contributed by atoms with Crippen LogP contribution in [-0.4, -0.2) is 10.8 Å². The Morgan fingerprint density at radius 3 is 2.23 bits per heavy atom. The number of pyridine rings is 1. The van der Waals surface area contributed by atoms with Crippen molar-refractivity contribution in [1.82, 2.24) is 4.98 Å². The van der Waals surface area contributed by atoms with E-state index in [0.717, 1.165) is 16.8 Å². The molecule has 2 heteroatoms. The van der Waals surface area contributed by atoms with E-state index in [4.69, 9.17) is 0 Å². The largest absolute Gasteiger partial charge is 0.294 e. The van der Waals surface area contributed by atoms with Crippen molar-refractivity contribution in [2.24, 2.45) is 0 Å². The summed E-state index contributed by atoms with van der Waals surface area (Å²) in [5.41, 5.74) is 2.56. The zero-order chi connectivity index (χ0) is 10.4. The third kappa shape index (κ3) is 3.36. The molecule has 2 nitrogen and oxygen atoms in total. The number of hydrogen-bond donors (Lipinski definition) is 0. The molecule has 72 valence electrons. The molecular formula is C11H17NO. The molecular weight excluding hydrogens is 162 g/mol. The van der Waals surface area contributed by atoms with Gasteiger partial charge in [0.2, 0.25) is 0 Å². The Labute approximate surface area is 80.0 Å². The number of carbonyl (C=O) groups is 1. The summed E-state index contributed by atoms with van der Waals surface area (Å²) in [6, 6.07) is 1.87. The van der Waals surface area contributed by atoms with Crippen LogP contribution in [0, 0.1) is 13.8 Å². The molecule has 0 amide bonds. The van der Waals surface area contributed by atoms with Gasteiger partial charge in [-0.2, -0.15) is 0 Å². The Balaban J connectivity index is 0.000000671. The fourth-order valence-corrected chi connectivity index (χ4v) is 0.994. The van der Waals surface area contributed by atoms with Gasteiger partial charge in [0.15, 0.2) is 5.78 Å². The van der Waals surface area contributed by atoms with Crippen molar-refractivity contribution in [1.29, 1.82) is 0 Å². The first-order chi connectivity index (χ1) is 6.11. The number of nitrogens with zero attached hydrogens (tertiary/aromatic N) is 1. The topological polar surface area (TPSA) is 30.0 Å². The Kier molecular flexibility index (Phi) is 4.97. The van der Waals surface area contributed by atoms with Crippen molar-refractivity contribution in [3.63, 3.8) is 0 Å². The van der Waals surface area contributed by atoms with E-state index in [1.807, 2.05) is 33.8 Å². The average Bonchev–Trinajstić information content (AvgIpc) is 2.12. The quantitative estimate of drug-likeness (QED) is 0.620. The minimum absolute atomic E-state index is 0.0821. The van der Waals surface area contributed by atoms with Gasteiger partial charge in [-0.1, -0.05) is 13.8 Å². The molecule has 0 bridgehead atoms. The van der Waals surface area contributed by atoms with E-state index >= 15 is 0 Å². The lowest BCUT2D eigenvalue weighted by Crippen LogP contribution is -1.98. The van der Waals surface area contributed by atoms with E-state index in [1.165, 1.54) is 0 Å². The first-order valence-corrected chi connectivity index (χ1v) is 4.55. The monoisotopic (exact) mass is 179 g/mol. The third-order valence-electron chi connectivity index (χ3n) is 1.60. The van der Waals surface area contributed by atoms with Gasteiger partial charge in [0.25, 0.3) is 0 Å². The molecule has 0 aliphatic heterocycles. The highest BCUT2D eigenvalue weighted by Crippen LogP contribution is 2.07. The molecule has 0 saturated heterocycles. The van der Waals surface area contributed by atoms with Crippen LogP contribution < -0.4 is 0 Å². The molecule has 0 aliphatic rings. The van der Waals surface area contributed by atoms with Crippen molar-refractivity contribution >= 4 is 5.78 Å². The third-order valence-corrected chi connectivity index (χ3v) is 1.60. The molecule has 1 aromatic heterocycles. The van der Waals surface area contributed by atoms with Gasteiger partial charge in [0.1, 0.15) is 0 Å². The number of carbonyl (C=O) groups excluding carboxylic acids is 1. The van der Waals surface area contributed by atoms with E-state index in [-0.39, 0.29) is 5.78 Å². The number of rotatable bonds is 1. The maximum absolute atomic E-state index is 11.0. The fraction of sp³-hybridized carbons (Fsp3) is 0.455. The number of hydrogen-bond acceptors (Lipinski definition) is 2. The normalized spacial score (nSPS) is 8.69. The van der Waals surface area contributed by atoms with E-state index in [2.05, 4.69) is 4.98 Å². The molecule has 1 rings (SSSR count). The minimum Gasteiger partial charge on any atom is -0.294 e. The average molecular weight is 179 g/mol. The van der Waals surface area contributed by atoms with Crippen molar-refractivity contribution in [2.75, 3.05) is 0 Å². The van der Waals surface area contributed by atoms with Gasteiger partial charge >= 0.3 is 0 Å². The van der Waals surface area contributed by atoms with Crippen LogP contribution in [0.3, 0.4) is 0 Å². The molecule has 0 spiro atoms. The lowest BCUT2D eigenvalue weighted by atomic mass is 10.1. The SMILES string of the molecule is CC.CC(=O)c1cc(C)cnc1C. The van der Waals surface area contributed by atoms with E-state index in [9.17, 15) is 4.79 Å². The summed E-state index contributed by atoms with van der Waals surface area (Å²) in [4.78, 5) is 15.1. The van der Waals surface area contributed by atoms with Crippen LogP contribution in [0.4, 0.5) is 0 Å². The van der Waals surface area contributed by atoms with Crippen molar-refractivity contribution < 1.29 is 4.79 Å². The molecule has 0 saturated carbocycles. The second-order valence-electron chi connectivity index (χ2n) is 2.70. The highest BCUT2D eigenvalue weighted by Gasteiger charge is 2.03. The summed E-state index contributed by atoms with van der Waals surface area (Å²) < 4.78 is 0. The van der Waals surface area contributed by atoms with Gasteiger partial charge in [0.05, 0.1) is 0 Å². The first-order valence-electron chi connectivity index (χ1n) is 4.55. The van der Waals surface area contributed by atoms with E-state index in [1.54, 1.807) is 13.1 Å². The highest BCUT2D eigenvalue weighted by atomic mass is 16.1. The number of ketones is 1. The first kappa shape index (κ1) is 11.8. The molecule has 1 aromatic rings. The van der Waals surface area contributed by atoms with Crippen LogP contribution in [0.5, 0.6) is 0 Å². The maximum Gasteiger partial charge on any atom is 0.161 e.